The Morgan fingerprint density at radius 3 is 2.72 bits per heavy atom. The summed E-state index contributed by atoms with van der Waals surface area (Å²) >= 11 is 1.70. The van der Waals surface area contributed by atoms with E-state index < -0.39 is 0 Å². The Hall–Kier alpha value is -2.47. The summed E-state index contributed by atoms with van der Waals surface area (Å²) < 4.78 is 0. The van der Waals surface area contributed by atoms with Crippen molar-refractivity contribution in [1.29, 1.82) is 0 Å². The number of piperidine rings is 1. The number of aromatic nitrogens is 2. The molecule has 0 atom stereocenters. The lowest BCUT2D eigenvalue weighted by molar-refractivity contribution is -0.120. The van der Waals surface area contributed by atoms with E-state index in [2.05, 4.69) is 33.2 Å². The number of rotatable bonds is 3. The predicted octanol–water partition coefficient (Wildman–Crippen LogP) is 3.85. The first-order valence-corrected chi connectivity index (χ1v) is 9.34. The smallest absolute Gasteiger partial charge is 0.227 e. The van der Waals surface area contributed by atoms with Crippen LogP contribution in [0.2, 0.25) is 0 Å². The van der Waals surface area contributed by atoms with Crippen molar-refractivity contribution in [3.8, 4) is 0 Å². The summed E-state index contributed by atoms with van der Waals surface area (Å²) in [6.45, 7) is 3.78. The molecule has 1 saturated heterocycles. The van der Waals surface area contributed by atoms with Crippen molar-refractivity contribution in [2.24, 2.45) is 5.92 Å². The Labute approximate surface area is 150 Å². The van der Waals surface area contributed by atoms with Gasteiger partial charge in [-0.1, -0.05) is 18.2 Å². The first-order chi connectivity index (χ1) is 12.2. The zero-order valence-corrected chi connectivity index (χ0v) is 14.9. The second kappa shape index (κ2) is 6.80. The zero-order valence-electron chi connectivity index (χ0n) is 14.1. The van der Waals surface area contributed by atoms with Crippen LogP contribution in [0.5, 0.6) is 0 Å². The number of carbonyl (C=O) groups excluding carboxylic acids is 1. The number of thiophene rings is 1. The number of benzene rings is 1. The molecule has 2 aromatic heterocycles. The van der Waals surface area contributed by atoms with Gasteiger partial charge in [0, 0.05) is 29.6 Å². The number of hydrogen-bond donors (Lipinski definition) is 1. The van der Waals surface area contributed by atoms with Crippen LogP contribution in [-0.2, 0) is 4.79 Å². The Morgan fingerprint density at radius 1 is 1.20 bits per heavy atom. The van der Waals surface area contributed by atoms with E-state index in [1.54, 1.807) is 17.7 Å². The van der Waals surface area contributed by atoms with Crippen molar-refractivity contribution in [2.45, 2.75) is 19.8 Å². The van der Waals surface area contributed by atoms with Crippen molar-refractivity contribution in [3.63, 3.8) is 0 Å². The fraction of sp³-hybridized carbons (Fsp3) is 0.316. The second-order valence-corrected chi connectivity index (χ2v) is 7.62. The van der Waals surface area contributed by atoms with E-state index in [1.165, 1.54) is 4.88 Å². The highest BCUT2D eigenvalue weighted by molar-refractivity contribution is 7.18. The van der Waals surface area contributed by atoms with Gasteiger partial charge in [0.25, 0.3) is 0 Å². The highest BCUT2D eigenvalue weighted by atomic mass is 32.1. The number of carbonyl (C=O) groups is 1. The van der Waals surface area contributed by atoms with Crippen molar-refractivity contribution in [1.82, 2.24) is 9.97 Å². The average Bonchev–Trinajstić information content (AvgIpc) is 3.03. The molecule has 1 N–H and O–H groups in total. The zero-order chi connectivity index (χ0) is 17.2. The van der Waals surface area contributed by atoms with Gasteiger partial charge in [0.05, 0.1) is 5.39 Å². The Morgan fingerprint density at radius 2 is 1.96 bits per heavy atom. The number of amides is 1. The first kappa shape index (κ1) is 16.0. The van der Waals surface area contributed by atoms with Crippen molar-refractivity contribution < 1.29 is 4.79 Å². The molecule has 5 nitrogen and oxygen atoms in total. The molecule has 6 heteroatoms. The van der Waals surface area contributed by atoms with Gasteiger partial charge in [-0.05, 0) is 38.0 Å². The van der Waals surface area contributed by atoms with Crippen LogP contribution in [0, 0.1) is 12.8 Å². The lowest BCUT2D eigenvalue weighted by Crippen LogP contribution is -2.38. The maximum Gasteiger partial charge on any atom is 0.227 e. The van der Waals surface area contributed by atoms with Crippen LogP contribution in [0.15, 0.2) is 42.7 Å². The fourth-order valence-electron chi connectivity index (χ4n) is 3.33. The SMILES string of the molecule is Cc1cc2c(N3CCC(C(=O)Nc4ccccc4)CC3)ncnc2s1. The monoisotopic (exact) mass is 352 g/mol. The number of nitrogens with zero attached hydrogens (tertiary/aromatic N) is 3. The maximum atomic E-state index is 12.5. The molecule has 3 aromatic rings. The molecule has 1 fully saturated rings. The van der Waals surface area contributed by atoms with Crippen molar-refractivity contribution in [3.05, 3.63) is 47.6 Å². The quantitative estimate of drug-likeness (QED) is 0.778. The van der Waals surface area contributed by atoms with Crippen molar-refractivity contribution >= 4 is 39.0 Å². The summed E-state index contributed by atoms with van der Waals surface area (Å²) in [6, 6.07) is 11.8. The molecule has 0 unspecified atom stereocenters. The largest absolute Gasteiger partial charge is 0.356 e. The number of anilines is 2. The molecule has 0 bridgehead atoms. The Kier molecular flexibility index (Phi) is 4.36. The normalized spacial score (nSPS) is 15.5. The first-order valence-electron chi connectivity index (χ1n) is 8.53. The third-order valence-corrected chi connectivity index (χ3v) is 5.60. The summed E-state index contributed by atoms with van der Waals surface area (Å²) in [5.41, 5.74) is 0.862. The predicted molar refractivity (Wildman–Crippen MR) is 102 cm³/mol. The number of aryl methyl sites for hydroxylation is 1. The highest BCUT2D eigenvalue weighted by Crippen LogP contribution is 2.32. The van der Waals surface area contributed by atoms with Crippen LogP contribution in [0.25, 0.3) is 10.2 Å². The van der Waals surface area contributed by atoms with E-state index in [0.29, 0.717) is 0 Å². The van der Waals surface area contributed by atoms with Crippen LogP contribution in [-0.4, -0.2) is 29.0 Å². The lowest BCUT2D eigenvalue weighted by Gasteiger charge is -2.32. The van der Waals surface area contributed by atoms with E-state index in [0.717, 1.165) is 47.7 Å². The van der Waals surface area contributed by atoms with Gasteiger partial charge in [-0.3, -0.25) is 4.79 Å². The van der Waals surface area contributed by atoms with Gasteiger partial charge < -0.3 is 10.2 Å². The number of para-hydroxylation sites is 1. The molecule has 1 aliphatic rings. The molecule has 1 aliphatic heterocycles. The van der Waals surface area contributed by atoms with Crippen molar-refractivity contribution in [2.75, 3.05) is 23.3 Å². The highest BCUT2D eigenvalue weighted by Gasteiger charge is 2.26. The van der Waals surface area contributed by atoms with E-state index >= 15 is 0 Å². The minimum Gasteiger partial charge on any atom is -0.356 e. The molecular formula is C19H20N4OS. The van der Waals surface area contributed by atoms with Gasteiger partial charge in [0.15, 0.2) is 0 Å². The molecule has 0 saturated carbocycles. The van der Waals surface area contributed by atoms with Gasteiger partial charge >= 0.3 is 0 Å². The van der Waals surface area contributed by atoms with Crippen LogP contribution in [0.1, 0.15) is 17.7 Å². The third-order valence-electron chi connectivity index (χ3n) is 4.64. The fourth-order valence-corrected chi connectivity index (χ4v) is 4.18. The summed E-state index contributed by atoms with van der Waals surface area (Å²) in [6.07, 6.45) is 3.32. The van der Waals surface area contributed by atoms with Gasteiger partial charge in [-0.25, -0.2) is 9.97 Å². The Balaban J connectivity index is 1.43. The lowest BCUT2D eigenvalue weighted by atomic mass is 9.95. The topological polar surface area (TPSA) is 58.1 Å². The molecular weight excluding hydrogens is 332 g/mol. The number of fused-ring (bicyclic) bond motifs is 1. The van der Waals surface area contributed by atoms with Gasteiger partial charge in [0.2, 0.25) is 5.91 Å². The standard InChI is InChI=1S/C19H20N4OS/c1-13-11-16-17(20-12-21-19(16)25-13)23-9-7-14(8-10-23)18(24)22-15-5-3-2-4-6-15/h2-6,11-12,14H,7-10H2,1H3,(H,22,24). The molecule has 0 aliphatic carbocycles. The summed E-state index contributed by atoms with van der Waals surface area (Å²) in [5, 5.41) is 4.14. The number of nitrogens with one attached hydrogen (secondary N) is 1. The number of hydrogen-bond acceptors (Lipinski definition) is 5. The van der Waals surface area contributed by atoms with Crippen LogP contribution >= 0.6 is 11.3 Å². The summed E-state index contributed by atoms with van der Waals surface area (Å²) in [4.78, 5) is 25.9. The molecule has 1 amide bonds. The second-order valence-electron chi connectivity index (χ2n) is 6.39. The van der Waals surface area contributed by atoms with Gasteiger partial charge in [0.1, 0.15) is 17.0 Å². The van der Waals surface area contributed by atoms with E-state index in [9.17, 15) is 4.79 Å². The molecule has 1 aromatic carbocycles. The van der Waals surface area contributed by atoms with E-state index in [-0.39, 0.29) is 11.8 Å². The molecule has 0 radical (unpaired) electrons. The maximum absolute atomic E-state index is 12.5. The molecule has 25 heavy (non-hydrogen) atoms. The van der Waals surface area contributed by atoms with Gasteiger partial charge in [-0.2, -0.15) is 0 Å². The minimum atomic E-state index is 0.0537. The average molecular weight is 352 g/mol. The molecule has 128 valence electrons. The third kappa shape index (κ3) is 3.35. The summed E-state index contributed by atoms with van der Waals surface area (Å²) in [5.74, 6) is 1.17. The van der Waals surface area contributed by atoms with Crippen LogP contribution in [0.3, 0.4) is 0 Å². The van der Waals surface area contributed by atoms with E-state index in [1.807, 2.05) is 30.3 Å². The molecule has 4 rings (SSSR count). The summed E-state index contributed by atoms with van der Waals surface area (Å²) in [7, 11) is 0. The van der Waals surface area contributed by atoms with Crippen LogP contribution < -0.4 is 10.2 Å². The van der Waals surface area contributed by atoms with E-state index in [4.69, 9.17) is 0 Å². The van der Waals surface area contributed by atoms with Gasteiger partial charge in [-0.15, -0.1) is 11.3 Å². The molecule has 3 heterocycles. The minimum absolute atomic E-state index is 0.0537. The molecule has 0 spiro atoms. The Bertz CT molecular complexity index is 885. The van der Waals surface area contributed by atoms with Crippen LogP contribution in [0.4, 0.5) is 11.5 Å².